The molecule has 0 atom stereocenters. The highest BCUT2D eigenvalue weighted by molar-refractivity contribution is 5.39. The van der Waals surface area contributed by atoms with Gasteiger partial charge < -0.3 is 9.47 Å². The van der Waals surface area contributed by atoms with E-state index in [-0.39, 0.29) is 5.41 Å². The Morgan fingerprint density at radius 1 is 1.11 bits per heavy atom. The number of hydrogen-bond donors (Lipinski definition) is 0. The van der Waals surface area contributed by atoms with Crippen molar-refractivity contribution in [1.82, 2.24) is 0 Å². The lowest BCUT2D eigenvalue weighted by atomic mass is 9.71. The predicted octanol–water partition coefficient (Wildman–Crippen LogP) is 4.28. The Morgan fingerprint density at radius 2 is 1.83 bits per heavy atom. The molecule has 0 heterocycles. The maximum Gasteiger partial charge on any atom is 0.189 e. The Bertz CT molecular complexity index is 367. The van der Waals surface area contributed by atoms with Gasteiger partial charge in [-0.05, 0) is 31.2 Å². The Kier molecular flexibility index (Phi) is 4.65. The average Bonchev–Trinajstić information content (AvgIpc) is 2.40. The molecule has 1 aliphatic rings. The minimum Gasteiger partial charge on any atom is -0.467 e. The normalized spacial score (nSPS) is 18.6. The molecule has 1 saturated carbocycles. The smallest absolute Gasteiger partial charge is 0.189 e. The van der Waals surface area contributed by atoms with Crippen LogP contribution in [0.2, 0.25) is 0 Å². The van der Waals surface area contributed by atoms with Gasteiger partial charge in [0.1, 0.15) is 5.75 Å². The zero-order valence-corrected chi connectivity index (χ0v) is 11.6. The number of ether oxygens (including phenoxy) is 2. The molecule has 0 bridgehead atoms. The second-order valence-corrected chi connectivity index (χ2v) is 5.37. The van der Waals surface area contributed by atoms with Crippen molar-refractivity contribution in [3.05, 3.63) is 29.8 Å². The highest BCUT2D eigenvalue weighted by Gasteiger charge is 2.31. The van der Waals surface area contributed by atoms with E-state index in [2.05, 4.69) is 25.1 Å². The van der Waals surface area contributed by atoms with E-state index >= 15 is 0 Å². The van der Waals surface area contributed by atoms with Gasteiger partial charge in [-0.2, -0.15) is 0 Å². The van der Waals surface area contributed by atoms with E-state index < -0.39 is 0 Å². The number of rotatable bonds is 5. The fourth-order valence-corrected chi connectivity index (χ4v) is 2.88. The van der Waals surface area contributed by atoms with Crippen molar-refractivity contribution in [1.29, 1.82) is 0 Å². The molecule has 0 unspecified atom stereocenters. The van der Waals surface area contributed by atoms with Gasteiger partial charge in [0.2, 0.25) is 0 Å². The van der Waals surface area contributed by atoms with E-state index in [1.165, 1.54) is 37.7 Å². The summed E-state index contributed by atoms with van der Waals surface area (Å²) in [5.41, 5.74) is 1.63. The summed E-state index contributed by atoms with van der Waals surface area (Å²) < 4.78 is 11.1. The summed E-state index contributed by atoms with van der Waals surface area (Å²) in [6, 6.07) is 8.43. The molecule has 0 N–H and O–H groups in total. The van der Waals surface area contributed by atoms with E-state index in [0.29, 0.717) is 13.4 Å². The summed E-state index contributed by atoms with van der Waals surface area (Å²) in [6.07, 6.45) is 6.56. The van der Waals surface area contributed by atoms with Crippen molar-refractivity contribution < 1.29 is 9.47 Å². The van der Waals surface area contributed by atoms with Crippen molar-refractivity contribution >= 4 is 0 Å². The monoisotopic (exact) mass is 248 g/mol. The molecule has 1 aromatic carbocycles. The van der Waals surface area contributed by atoms with Gasteiger partial charge in [0.05, 0.1) is 0 Å². The Morgan fingerprint density at radius 3 is 2.56 bits per heavy atom. The SMILES string of the molecule is CCOCOc1ccccc1C1(C)CCCCC1. The molecule has 0 aliphatic heterocycles. The number of hydrogen-bond acceptors (Lipinski definition) is 2. The van der Waals surface area contributed by atoms with Gasteiger partial charge in [-0.15, -0.1) is 0 Å². The molecule has 0 spiro atoms. The zero-order chi connectivity index (χ0) is 12.8. The first kappa shape index (κ1) is 13.4. The molecule has 0 saturated heterocycles. The van der Waals surface area contributed by atoms with E-state index in [0.717, 1.165) is 5.75 Å². The first-order valence-electron chi connectivity index (χ1n) is 7.06. The highest BCUT2D eigenvalue weighted by atomic mass is 16.7. The van der Waals surface area contributed by atoms with Gasteiger partial charge in [0.15, 0.2) is 6.79 Å². The number of benzene rings is 1. The summed E-state index contributed by atoms with van der Waals surface area (Å²) >= 11 is 0. The van der Waals surface area contributed by atoms with Crippen molar-refractivity contribution in [2.24, 2.45) is 0 Å². The first-order chi connectivity index (χ1) is 8.76. The van der Waals surface area contributed by atoms with Gasteiger partial charge >= 0.3 is 0 Å². The molecular formula is C16H24O2. The van der Waals surface area contributed by atoms with Crippen LogP contribution in [0.3, 0.4) is 0 Å². The third kappa shape index (κ3) is 3.05. The summed E-state index contributed by atoms with van der Waals surface area (Å²) in [5, 5.41) is 0. The average molecular weight is 248 g/mol. The van der Waals surface area contributed by atoms with Crippen molar-refractivity contribution in [2.45, 2.75) is 51.4 Å². The Hall–Kier alpha value is -1.02. The summed E-state index contributed by atoms with van der Waals surface area (Å²) in [5.74, 6) is 0.996. The molecule has 1 fully saturated rings. The fourth-order valence-electron chi connectivity index (χ4n) is 2.88. The largest absolute Gasteiger partial charge is 0.467 e. The third-order valence-electron chi connectivity index (χ3n) is 4.00. The molecule has 2 rings (SSSR count). The fraction of sp³-hybridized carbons (Fsp3) is 0.625. The van der Waals surface area contributed by atoms with Gasteiger partial charge in [0, 0.05) is 12.2 Å². The topological polar surface area (TPSA) is 18.5 Å². The predicted molar refractivity (Wildman–Crippen MR) is 74.0 cm³/mol. The summed E-state index contributed by atoms with van der Waals surface area (Å²) in [4.78, 5) is 0. The lowest BCUT2D eigenvalue weighted by Gasteiger charge is -2.35. The maximum absolute atomic E-state index is 5.77. The minimum atomic E-state index is 0.279. The molecule has 0 aromatic heterocycles. The molecule has 0 radical (unpaired) electrons. The molecule has 100 valence electrons. The molecule has 2 heteroatoms. The maximum atomic E-state index is 5.77. The summed E-state index contributed by atoms with van der Waals surface area (Å²) in [6.45, 7) is 5.40. The van der Waals surface area contributed by atoms with Crippen LogP contribution in [0.5, 0.6) is 5.75 Å². The van der Waals surface area contributed by atoms with Gasteiger partial charge in [0.25, 0.3) is 0 Å². The van der Waals surface area contributed by atoms with Crippen LogP contribution < -0.4 is 4.74 Å². The van der Waals surface area contributed by atoms with Gasteiger partial charge in [-0.3, -0.25) is 0 Å². The minimum absolute atomic E-state index is 0.279. The lowest BCUT2D eigenvalue weighted by molar-refractivity contribution is 0.0209. The van der Waals surface area contributed by atoms with E-state index in [1.807, 2.05) is 13.0 Å². The molecular weight excluding hydrogens is 224 g/mol. The number of para-hydroxylation sites is 1. The Balaban J connectivity index is 2.15. The van der Waals surface area contributed by atoms with Crippen LogP contribution in [0.4, 0.5) is 0 Å². The Labute approximate surface area is 110 Å². The lowest BCUT2D eigenvalue weighted by Crippen LogP contribution is -2.26. The van der Waals surface area contributed by atoms with Crippen LogP contribution in [-0.2, 0) is 10.2 Å². The van der Waals surface area contributed by atoms with Crippen LogP contribution in [0.25, 0.3) is 0 Å². The quantitative estimate of drug-likeness (QED) is 0.572. The second-order valence-electron chi connectivity index (χ2n) is 5.37. The van der Waals surface area contributed by atoms with E-state index in [9.17, 15) is 0 Å². The van der Waals surface area contributed by atoms with Crippen LogP contribution in [0, 0.1) is 0 Å². The highest BCUT2D eigenvalue weighted by Crippen LogP contribution is 2.42. The molecule has 0 amide bonds. The van der Waals surface area contributed by atoms with Crippen LogP contribution in [-0.4, -0.2) is 13.4 Å². The van der Waals surface area contributed by atoms with Gasteiger partial charge in [-0.25, -0.2) is 0 Å². The molecule has 2 nitrogen and oxygen atoms in total. The van der Waals surface area contributed by atoms with Crippen molar-refractivity contribution in [3.8, 4) is 5.75 Å². The molecule has 1 aromatic rings. The third-order valence-corrected chi connectivity index (χ3v) is 4.00. The van der Waals surface area contributed by atoms with Crippen LogP contribution in [0.15, 0.2) is 24.3 Å². The standard InChI is InChI=1S/C16H24O2/c1-3-17-13-18-15-10-6-5-9-14(15)16(2)11-7-4-8-12-16/h5-6,9-10H,3-4,7-8,11-13H2,1-2H3. The van der Waals surface area contributed by atoms with Crippen molar-refractivity contribution in [3.63, 3.8) is 0 Å². The van der Waals surface area contributed by atoms with E-state index in [4.69, 9.17) is 9.47 Å². The first-order valence-corrected chi connectivity index (χ1v) is 7.06. The van der Waals surface area contributed by atoms with Crippen molar-refractivity contribution in [2.75, 3.05) is 13.4 Å². The summed E-state index contributed by atoms with van der Waals surface area (Å²) in [7, 11) is 0. The van der Waals surface area contributed by atoms with E-state index in [1.54, 1.807) is 0 Å². The van der Waals surface area contributed by atoms with Crippen LogP contribution in [0.1, 0.15) is 51.5 Å². The van der Waals surface area contributed by atoms with Gasteiger partial charge in [-0.1, -0.05) is 44.4 Å². The van der Waals surface area contributed by atoms with Crippen LogP contribution >= 0.6 is 0 Å². The zero-order valence-electron chi connectivity index (χ0n) is 11.6. The molecule has 1 aliphatic carbocycles. The second kappa shape index (κ2) is 6.24. The molecule has 18 heavy (non-hydrogen) atoms.